The lowest BCUT2D eigenvalue weighted by atomic mass is 9.94. The summed E-state index contributed by atoms with van der Waals surface area (Å²) >= 11 is 0. The molecular formula is C24H22N6O2. The van der Waals surface area contributed by atoms with Crippen molar-refractivity contribution in [3.05, 3.63) is 90.8 Å². The quantitative estimate of drug-likeness (QED) is 0.482. The van der Waals surface area contributed by atoms with Crippen molar-refractivity contribution in [1.82, 2.24) is 29.6 Å². The fourth-order valence-corrected chi connectivity index (χ4v) is 3.86. The van der Waals surface area contributed by atoms with Crippen molar-refractivity contribution in [3.8, 4) is 17.4 Å². The highest BCUT2D eigenvalue weighted by Crippen LogP contribution is 2.28. The van der Waals surface area contributed by atoms with Gasteiger partial charge in [0.25, 0.3) is 5.91 Å². The Hall–Kier alpha value is -4.07. The second kappa shape index (κ2) is 8.97. The molecule has 0 N–H and O–H groups in total. The lowest BCUT2D eigenvalue weighted by molar-refractivity contribution is 0.0705. The van der Waals surface area contributed by atoms with Crippen LogP contribution in [0.4, 0.5) is 0 Å². The molecule has 1 aliphatic rings. The molecule has 32 heavy (non-hydrogen) atoms. The zero-order valence-electron chi connectivity index (χ0n) is 17.4. The number of piperidine rings is 1. The van der Waals surface area contributed by atoms with Crippen LogP contribution in [0.5, 0.6) is 11.6 Å². The van der Waals surface area contributed by atoms with Gasteiger partial charge in [-0.3, -0.25) is 9.78 Å². The third kappa shape index (κ3) is 4.34. The van der Waals surface area contributed by atoms with E-state index in [0.29, 0.717) is 36.1 Å². The molecule has 0 aliphatic carbocycles. The maximum atomic E-state index is 13.1. The van der Waals surface area contributed by atoms with Crippen LogP contribution < -0.4 is 4.74 Å². The van der Waals surface area contributed by atoms with Crippen LogP contribution in [-0.2, 0) is 0 Å². The molecule has 0 radical (unpaired) electrons. The van der Waals surface area contributed by atoms with Crippen LogP contribution in [-0.4, -0.2) is 48.6 Å². The second-order valence-electron chi connectivity index (χ2n) is 7.64. The van der Waals surface area contributed by atoms with Crippen molar-refractivity contribution >= 4 is 5.91 Å². The summed E-state index contributed by atoms with van der Waals surface area (Å²) in [6.45, 7) is 1.30. The van der Waals surface area contributed by atoms with Gasteiger partial charge >= 0.3 is 0 Å². The first-order chi connectivity index (χ1) is 15.8. The number of rotatable bonds is 5. The smallest absolute Gasteiger partial charge is 0.255 e. The van der Waals surface area contributed by atoms with Gasteiger partial charge in [-0.25, -0.2) is 14.6 Å². The normalized spacial score (nSPS) is 16.0. The Morgan fingerprint density at radius 1 is 1.03 bits per heavy atom. The van der Waals surface area contributed by atoms with E-state index in [9.17, 15) is 4.79 Å². The van der Waals surface area contributed by atoms with Crippen molar-refractivity contribution < 1.29 is 9.53 Å². The number of pyridine rings is 1. The molecule has 1 atom stereocenters. The van der Waals surface area contributed by atoms with Crippen molar-refractivity contribution in [2.45, 2.75) is 18.8 Å². The minimum atomic E-state index is -0.0288. The lowest BCUT2D eigenvalue weighted by Gasteiger charge is -2.32. The van der Waals surface area contributed by atoms with Crippen LogP contribution >= 0.6 is 0 Å². The van der Waals surface area contributed by atoms with Gasteiger partial charge in [0, 0.05) is 43.8 Å². The van der Waals surface area contributed by atoms with Crippen molar-refractivity contribution in [3.63, 3.8) is 0 Å². The molecule has 0 spiro atoms. The van der Waals surface area contributed by atoms with Gasteiger partial charge < -0.3 is 9.64 Å². The zero-order valence-corrected chi connectivity index (χ0v) is 17.4. The van der Waals surface area contributed by atoms with Gasteiger partial charge in [-0.2, -0.15) is 5.10 Å². The molecule has 1 aliphatic heterocycles. The highest BCUT2D eigenvalue weighted by Gasteiger charge is 2.27. The van der Waals surface area contributed by atoms with Crippen LogP contribution in [0.3, 0.4) is 0 Å². The second-order valence-corrected chi connectivity index (χ2v) is 7.64. The van der Waals surface area contributed by atoms with E-state index in [1.165, 1.54) is 0 Å². The fourth-order valence-electron chi connectivity index (χ4n) is 3.86. The third-order valence-corrected chi connectivity index (χ3v) is 5.46. The van der Waals surface area contributed by atoms with E-state index < -0.39 is 0 Å². The van der Waals surface area contributed by atoms with Gasteiger partial charge in [-0.15, -0.1) is 0 Å². The summed E-state index contributed by atoms with van der Waals surface area (Å²) in [5, 5.41) is 4.16. The molecule has 0 saturated carbocycles. The molecule has 3 aromatic heterocycles. The van der Waals surface area contributed by atoms with Crippen LogP contribution in [0.15, 0.2) is 79.5 Å². The van der Waals surface area contributed by atoms with Crippen LogP contribution in [0.1, 0.15) is 34.8 Å². The Morgan fingerprint density at radius 2 is 1.94 bits per heavy atom. The number of likely N-dealkylation sites (tertiary alicyclic amines) is 1. The van der Waals surface area contributed by atoms with E-state index in [1.807, 2.05) is 47.5 Å². The lowest BCUT2D eigenvalue weighted by Crippen LogP contribution is -2.39. The highest BCUT2D eigenvalue weighted by atomic mass is 16.5. The number of amides is 1. The first kappa shape index (κ1) is 19.9. The Kier molecular flexibility index (Phi) is 5.57. The molecule has 4 heterocycles. The number of para-hydroxylation sites is 1. The molecule has 8 heteroatoms. The molecule has 4 aromatic rings. The van der Waals surface area contributed by atoms with Gasteiger partial charge in [0.1, 0.15) is 5.75 Å². The Balaban J connectivity index is 1.28. The number of hydrogen-bond acceptors (Lipinski definition) is 6. The van der Waals surface area contributed by atoms with Crippen LogP contribution in [0.2, 0.25) is 0 Å². The average Bonchev–Trinajstić information content (AvgIpc) is 3.40. The first-order valence-corrected chi connectivity index (χ1v) is 10.6. The van der Waals surface area contributed by atoms with E-state index in [1.54, 1.807) is 41.6 Å². The Bertz CT molecular complexity index is 1180. The summed E-state index contributed by atoms with van der Waals surface area (Å²) in [5.74, 6) is 1.92. The van der Waals surface area contributed by atoms with E-state index in [-0.39, 0.29) is 11.8 Å². The summed E-state index contributed by atoms with van der Waals surface area (Å²) in [6, 6.07) is 14.9. The predicted octanol–water partition coefficient (Wildman–Crippen LogP) is 3.87. The summed E-state index contributed by atoms with van der Waals surface area (Å²) in [7, 11) is 0. The number of hydrogen-bond donors (Lipinski definition) is 0. The predicted molar refractivity (Wildman–Crippen MR) is 118 cm³/mol. The number of carbonyl (C=O) groups excluding carboxylic acids is 1. The number of ether oxygens (including phenoxy) is 1. The zero-order chi connectivity index (χ0) is 21.8. The molecular weight excluding hydrogens is 404 g/mol. The fraction of sp³-hybridized carbons (Fsp3) is 0.208. The monoisotopic (exact) mass is 426 g/mol. The maximum Gasteiger partial charge on any atom is 0.255 e. The Morgan fingerprint density at radius 3 is 2.72 bits per heavy atom. The number of nitrogens with zero attached hydrogens (tertiary/aromatic N) is 6. The largest absolute Gasteiger partial charge is 0.437 e. The molecule has 0 bridgehead atoms. The summed E-state index contributed by atoms with van der Waals surface area (Å²) in [6.07, 6.45) is 10.3. The van der Waals surface area contributed by atoms with E-state index >= 15 is 0 Å². The van der Waals surface area contributed by atoms with Gasteiger partial charge in [-0.1, -0.05) is 18.2 Å². The number of aromatic nitrogens is 5. The van der Waals surface area contributed by atoms with E-state index in [0.717, 1.165) is 18.5 Å². The molecule has 5 rings (SSSR count). The van der Waals surface area contributed by atoms with Gasteiger partial charge in [0.2, 0.25) is 5.88 Å². The van der Waals surface area contributed by atoms with Gasteiger partial charge in [0.15, 0.2) is 5.82 Å². The molecule has 0 unspecified atom stereocenters. The highest BCUT2D eigenvalue weighted by molar-refractivity contribution is 5.94. The number of benzene rings is 1. The van der Waals surface area contributed by atoms with E-state index in [4.69, 9.17) is 4.74 Å². The first-order valence-electron chi connectivity index (χ1n) is 10.6. The maximum absolute atomic E-state index is 13.1. The molecule has 8 nitrogen and oxygen atoms in total. The number of carbonyl (C=O) groups is 1. The van der Waals surface area contributed by atoms with Crippen molar-refractivity contribution in [2.75, 3.05) is 13.1 Å². The summed E-state index contributed by atoms with van der Waals surface area (Å²) in [5.41, 5.74) is 1.40. The minimum absolute atomic E-state index is 0.0288. The molecule has 1 saturated heterocycles. The molecule has 160 valence electrons. The van der Waals surface area contributed by atoms with Crippen molar-refractivity contribution in [1.29, 1.82) is 0 Å². The topological polar surface area (TPSA) is 86.0 Å². The Labute approximate surface area is 185 Å². The standard InChI is InChI=1S/C24H22N6O2/c31-24(18-9-10-22(26-14-18)30-13-5-11-27-30)29-12-4-6-19(17-29)21-15-25-16-23(28-21)32-20-7-2-1-3-8-20/h1-3,5,7-11,13-16,19H,4,6,12,17H2/t19-/m0/s1. The van der Waals surface area contributed by atoms with E-state index in [2.05, 4.69) is 20.1 Å². The van der Waals surface area contributed by atoms with Crippen LogP contribution in [0, 0.1) is 0 Å². The summed E-state index contributed by atoms with van der Waals surface area (Å²) in [4.78, 5) is 28.3. The van der Waals surface area contributed by atoms with Gasteiger partial charge in [-0.05, 0) is 43.2 Å². The van der Waals surface area contributed by atoms with Gasteiger partial charge in [0.05, 0.1) is 17.5 Å². The van der Waals surface area contributed by atoms with Crippen molar-refractivity contribution in [2.24, 2.45) is 0 Å². The SMILES string of the molecule is O=C(c1ccc(-n2cccn2)nc1)N1CCC[C@H](c2cncc(Oc3ccccc3)n2)C1. The molecule has 1 amide bonds. The average molecular weight is 426 g/mol. The third-order valence-electron chi connectivity index (χ3n) is 5.46. The minimum Gasteiger partial charge on any atom is -0.437 e. The molecule has 1 fully saturated rings. The van der Waals surface area contributed by atoms with Crippen LogP contribution in [0.25, 0.3) is 5.82 Å². The molecule has 1 aromatic carbocycles. The summed E-state index contributed by atoms with van der Waals surface area (Å²) < 4.78 is 7.49.